The number of aliphatic hydroxyl groups is 4. The van der Waals surface area contributed by atoms with E-state index in [1.54, 1.807) is 19.1 Å². The molecule has 0 radical (unpaired) electrons. The molecule has 36 heavy (non-hydrogen) atoms. The van der Waals surface area contributed by atoms with Gasteiger partial charge in [0.15, 0.2) is 11.9 Å². The molecule has 8 atom stereocenters. The van der Waals surface area contributed by atoms with Gasteiger partial charge in [-0.1, -0.05) is 63.3 Å². The third kappa shape index (κ3) is 3.26. The number of Topliss-reactive ketones (excluding diaryl/α,β-unsaturated/α-hetero) is 1. The van der Waals surface area contributed by atoms with E-state index >= 15 is 0 Å². The minimum absolute atomic E-state index is 0.0535. The van der Waals surface area contributed by atoms with Crippen LogP contribution < -0.4 is 0 Å². The van der Waals surface area contributed by atoms with Gasteiger partial charge in [0, 0.05) is 36.0 Å². The van der Waals surface area contributed by atoms with Crippen molar-refractivity contribution in [3.05, 3.63) is 59.2 Å². The van der Waals surface area contributed by atoms with Gasteiger partial charge >= 0.3 is 5.97 Å². The molecular weight excluding hydrogens is 460 g/mol. The van der Waals surface area contributed by atoms with Crippen LogP contribution in [-0.2, 0) is 20.7 Å². The van der Waals surface area contributed by atoms with Gasteiger partial charge in [-0.05, 0) is 36.0 Å². The first kappa shape index (κ1) is 25.3. The van der Waals surface area contributed by atoms with Gasteiger partial charge in [-0.15, -0.1) is 0 Å². The predicted octanol–water partition coefficient (Wildman–Crippen LogP) is 2.11. The van der Waals surface area contributed by atoms with Crippen molar-refractivity contribution in [2.75, 3.05) is 6.61 Å². The minimum atomic E-state index is -1.82. The van der Waals surface area contributed by atoms with Crippen LogP contribution in [0.1, 0.15) is 46.1 Å². The summed E-state index contributed by atoms with van der Waals surface area (Å²) in [6.07, 6.45) is 2.57. The smallest absolute Gasteiger partial charge is 0.335 e. The number of ether oxygens (including phenoxy) is 1. The lowest BCUT2D eigenvalue weighted by Gasteiger charge is -2.50. The second kappa shape index (κ2) is 8.09. The molecule has 4 aliphatic carbocycles. The summed E-state index contributed by atoms with van der Waals surface area (Å²) < 4.78 is 6.12. The highest BCUT2D eigenvalue weighted by Crippen LogP contribution is 2.76. The lowest BCUT2D eigenvalue weighted by Crippen LogP contribution is -2.61. The Morgan fingerprint density at radius 1 is 1.17 bits per heavy atom. The van der Waals surface area contributed by atoms with Gasteiger partial charge in [0.1, 0.15) is 11.2 Å². The van der Waals surface area contributed by atoms with E-state index in [1.165, 1.54) is 0 Å². The minimum Gasteiger partial charge on any atom is -0.456 e. The van der Waals surface area contributed by atoms with Gasteiger partial charge in [0.25, 0.3) is 0 Å². The third-order valence-corrected chi connectivity index (χ3v) is 9.70. The van der Waals surface area contributed by atoms with Crippen LogP contribution in [0, 0.1) is 29.1 Å². The van der Waals surface area contributed by atoms with Crippen LogP contribution in [0.25, 0.3) is 0 Å². The molecule has 0 unspecified atom stereocenters. The van der Waals surface area contributed by atoms with E-state index in [2.05, 4.69) is 0 Å². The molecule has 0 aliphatic heterocycles. The highest BCUT2D eigenvalue weighted by molar-refractivity contribution is 6.04. The van der Waals surface area contributed by atoms with Crippen molar-refractivity contribution < 1.29 is 34.8 Å². The molecule has 0 aromatic heterocycles. The van der Waals surface area contributed by atoms with Crippen molar-refractivity contribution in [2.45, 2.75) is 69.9 Å². The van der Waals surface area contributed by atoms with Crippen molar-refractivity contribution in [3.63, 3.8) is 0 Å². The third-order valence-electron chi connectivity index (χ3n) is 9.70. The summed E-state index contributed by atoms with van der Waals surface area (Å²) in [6.45, 7) is 7.12. The Morgan fingerprint density at radius 2 is 1.83 bits per heavy atom. The summed E-state index contributed by atoms with van der Waals surface area (Å²) in [4.78, 5) is 26.1. The fourth-order valence-corrected chi connectivity index (χ4v) is 7.77. The van der Waals surface area contributed by atoms with Crippen LogP contribution in [0.3, 0.4) is 0 Å². The standard InChI is InChI=1S/C29H36O7/c1-16-10-22-27(34,24(16)32)14-19(15-30)11-20-23-26(3,4)28(23,13-17(2)29(20,22)35)36-25(33)21(31)12-18-8-6-5-7-9-18/h5-11,17,20-23,30-31,34-35H,12-15H2,1-4H3/t17-,20+,21-,22-,23-,27-,28+,29-/m1/s1. The molecular formula is C29H36O7. The van der Waals surface area contributed by atoms with Gasteiger partial charge in [0.2, 0.25) is 0 Å². The molecule has 0 amide bonds. The second-order valence-electron chi connectivity index (χ2n) is 12.0. The van der Waals surface area contributed by atoms with Crippen LogP contribution in [0.5, 0.6) is 0 Å². The molecule has 1 aromatic carbocycles. The molecule has 4 aliphatic rings. The van der Waals surface area contributed by atoms with Crippen molar-refractivity contribution in [3.8, 4) is 0 Å². The van der Waals surface area contributed by atoms with Gasteiger partial charge in [0.05, 0.1) is 12.2 Å². The summed E-state index contributed by atoms with van der Waals surface area (Å²) in [7, 11) is 0. The van der Waals surface area contributed by atoms with Crippen molar-refractivity contribution >= 4 is 11.8 Å². The number of rotatable bonds is 5. The van der Waals surface area contributed by atoms with Crippen molar-refractivity contribution in [1.29, 1.82) is 0 Å². The van der Waals surface area contributed by atoms with Crippen LogP contribution >= 0.6 is 0 Å². The van der Waals surface area contributed by atoms with Crippen molar-refractivity contribution in [1.82, 2.24) is 0 Å². The Kier molecular flexibility index (Phi) is 5.69. The Morgan fingerprint density at radius 3 is 2.47 bits per heavy atom. The van der Waals surface area contributed by atoms with Crippen LogP contribution in [0.15, 0.2) is 53.6 Å². The fraction of sp³-hybridized carbons (Fsp3) is 0.586. The van der Waals surface area contributed by atoms with E-state index in [1.807, 2.05) is 51.1 Å². The van der Waals surface area contributed by atoms with E-state index in [-0.39, 0.29) is 25.4 Å². The summed E-state index contributed by atoms with van der Waals surface area (Å²) in [6, 6.07) is 9.24. The molecule has 0 bridgehead atoms. The first-order valence-corrected chi connectivity index (χ1v) is 12.8. The highest BCUT2D eigenvalue weighted by Gasteiger charge is 2.83. The average Bonchev–Trinajstić information content (AvgIpc) is 3.23. The van der Waals surface area contributed by atoms with E-state index in [4.69, 9.17) is 4.74 Å². The largest absolute Gasteiger partial charge is 0.456 e. The molecule has 5 rings (SSSR count). The number of aliphatic hydroxyl groups excluding tert-OH is 2. The van der Waals surface area contributed by atoms with Gasteiger partial charge in [-0.25, -0.2) is 4.79 Å². The Labute approximate surface area is 211 Å². The zero-order valence-electron chi connectivity index (χ0n) is 21.3. The van der Waals surface area contributed by atoms with Crippen LogP contribution in [-0.4, -0.2) is 61.7 Å². The molecule has 7 heteroatoms. The molecule has 4 N–H and O–H groups in total. The molecule has 2 saturated carbocycles. The van der Waals surface area contributed by atoms with E-state index in [9.17, 15) is 30.0 Å². The number of benzene rings is 1. The summed E-state index contributed by atoms with van der Waals surface area (Å²) in [5.41, 5.74) is -3.03. The Balaban J connectivity index is 1.50. The number of carbonyl (C=O) groups is 2. The maximum Gasteiger partial charge on any atom is 0.335 e. The number of fused-ring (bicyclic) bond motifs is 5. The maximum atomic E-state index is 13.1. The fourth-order valence-electron chi connectivity index (χ4n) is 7.77. The van der Waals surface area contributed by atoms with E-state index in [0.29, 0.717) is 17.6 Å². The molecule has 0 heterocycles. The zero-order chi connectivity index (χ0) is 26.3. The molecule has 7 nitrogen and oxygen atoms in total. The van der Waals surface area contributed by atoms with Crippen LogP contribution in [0.4, 0.5) is 0 Å². The summed E-state index contributed by atoms with van der Waals surface area (Å²) >= 11 is 0. The lowest BCUT2D eigenvalue weighted by atomic mass is 9.60. The molecule has 0 saturated heterocycles. The Bertz CT molecular complexity index is 1150. The van der Waals surface area contributed by atoms with Crippen molar-refractivity contribution in [2.24, 2.45) is 29.1 Å². The topological polar surface area (TPSA) is 124 Å². The monoisotopic (exact) mass is 496 g/mol. The normalized spacial score (nSPS) is 41.2. The predicted molar refractivity (Wildman–Crippen MR) is 131 cm³/mol. The molecule has 0 spiro atoms. The van der Waals surface area contributed by atoms with Gasteiger partial charge in [-0.2, -0.15) is 0 Å². The first-order valence-electron chi connectivity index (χ1n) is 12.8. The SMILES string of the molecule is CC1=C[C@H]2[C@@]3(O)[C@H](C)C[C@]4(OC(=O)[C@H](O)Cc5ccccc5)[C@H]([C@@H]3C=C(CO)C[C@]2(O)C1=O)C4(C)C. The number of carbonyl (C=O) groups excluding carboxylic acids is 2. The number of hydrogen-bond acceptors (Lipinski definition) is 7. The van der Waals surface area contributed by atoms with Gasteiger partial charge in [-0.3, -0.25) is 4.79 Å². The quantitative estimate of drug-likeness (QED) is 0.364. The van der Waals surface area contributed by atoms with E-state index in [0.717, 1.165) is 5.56 Å². The average molecular weight is 497 g/mol. The second-order valence-corrected chi connectivity index (χ2v) is 12.0. The maximum absolute atomic E-state index is 13.1. The first-order chi connectivity index (χ1) is 16.8. The van der Waals surface area contributed by atoms with Gasteiger partial charge < -0.3 is 25.2 Å². The van der Waals surface area contributed by atoms with Crippen LogP contribution in [0.2, 0.25) is 0 Å². The summed E-state index contributed by atoms with van der Waals surface area (Å²) in [5.74, 6) is -3.28. The lowest BCUT2D eigenvalue weighted by molar-refractivity contribution is -0.191. The number of esters is 1. The molecule has 1 aromatic rings. The summed E-state index contributed by atoms with van der Waals surface area (Å²) in [5, 5.41) is 44.6. The zero-order valence-corrected chi connectivity index (χ0v) is 21.3. The number of hydrogen-bond donors (Lipinski definition) is 4. The van der Waals surface area contributed by atoms with E-state index < -0.39 is 57.8 Å². The molecule has 2 fully saturated rings. The number of ketones is 1. The molecule has 194 valence electrons. The highest BCUT2D eigenvalue weighted by atomic mass is 16.6. The Hall–Kier alpha value is -2.32.